The van der Waals surface area contributed by atoms with E-state index in [1.54, 1.807) is 0 Å². The molecule has 2 rings (SSSR count). The van der Waals surface area contributed by atoms with Gasteiger partial charge in [-0.3, -0.25) is 4.79 Å². The third kappa shape index (κ3) is 4.26. The number of aromatic nitrogens is 1. The molecule has 1 aromatic heterocycles. The van der Waals surface area contributed by atoms with Crippen LogP contribution in [0.25, 0.3) is 0 Å². The second kappa shape index (κ2) is 6.81. The summed E-state index contributed by atoms with van der Waals surface area (Å²) in [5.74, 6) is 0.394. The van der Waals surface area contributed by atoms with Crippen LogP contribution in [-0.4, -0.2) is 42.0 Å². The molecule has 0 aromatic carbocycles. The number of hydrogen-bond donors (Lipinski definition) is 1. The first-order valence-corrected chi connectivity index (χ1v) is 8.30. The van der Waals surface area contributed by atoms with Crippen LogP contribution in [0.15, 0.2) is 3.79 Å². The number of carbonyl (C=O) groups is 1. The Kier molecular flexibility index (Phi) is 5.36. The molecule has 0 saturated carbocycles. The van der Waals surface area contributed by atoms with Crippen LogP contribution in [0.1, 0.15) is 35.3 Å². The highest BCUT2D eigenvalue weighted by Gasteiger charge is 2.18. The number of rotatable bonds is 5. The van der Waals surface area contributed by atoms with Crippen molar-refractivity contribution in [2.24, 2.45) is 5.92 Å². The van der Waals surface area contributed by atoms with E-state index >= 15 is 0 Å². The molecule has 1 unspecified atom stereocenters. The lowest BCUT2D eigenvalue weighted by atomic mass is 10.1. The monoisotopic (exact) mass is 345 g/mol. The average molecular weight is 346 g/mol. The van der Waals surface area contributed by atoms with Crippen molar-refractivity contribution in [2.45, 2.75) is 26.7 Å². The van der Waals surface area contributed by atoms with Gasteiger partial charge in [0.1, 0.15) is 3.79 Å². The van der Waals surface area contributed by atoms with Gasteiger partial charge in [0.2, 0.25) is 0 Å². The van der Waals surface area contributed by atoms with Crippen molar-refractivity contribution in [2.75, 3.05) is 26.2 Å². The predicted molar refractivity (Wildman–Crippen MR) is 81.7 cm³/mol. The topological polar surface area (TPSA) is 45.2 Å². The largest absolute Gasteiger partial charge is 0.350 e. The second-order valence-electron chi connectivity index (χ2n) is 5.18. The van der Waals surface area contributed by atoms with E-state index in [0.717, 1.165) is 15.3 Å². The second-order valence-corrected chi connectivity index (χ2v) is 7.70. The molecular weight excluding hydrogens is 326 g/mol. The summed E-state index contributed by atoms with van der Waals surface area (Å²) >= 11 is 4.88. The van der Waals surface area contributed by atoms with Crippen molar-refractivity contribution in [1.29, 1.82) is 0 Å². The molecule has 0 bridgehead atoms. The lowest BCUT2D eigenvalue weighted by Crippen LogP contribution is -2.34. The van der Waals surface area contributed by atoms with E-state index in [-0.39, 0.29) is 5.91 Å². The first-order chi connectivity index (χ1) is 9.06. The normalized spacial score (nSPS) is 17.6. The maximum atomic E-state index is 12.0. The average Bonchev–Trinajstić information content (AvgIpc) is 2.96. The third-order valence-electron chi connectivity index (χ3n) is 3.29. The van der Waals surface area contributed by atoms with Gasteiger partial charge in [0.15, 0.2) is 5.69 Å². The molecule has 1 aliphatic rings. The number of aryl methyl sites for hydroxylation is 1. The van der Waals surface area contributed by atoms with Gasteiger partial charge in [-0.2, -0.15) is 0 Å². The molecule has 0 spiro atoms. The highest BCUT2D eigenvalue weighted by atomic mass is 79.9. The van der Waals surface area contributed by atoms with Gasteiger partial charge in [-0.25, -0.2) is 4.98 Å². The van der Waals surface area contributed by atoms with Gasteiger partial charge < -0.3 is 10.2 Å². The zero-order valence-electron chi connectivity index (χ0n) is 11.4. The molecule has 1 aromatic rings. The first kappa shape index (κ1) is 14.9. The molecule has 1 saturated heterocycles. The number of nitrogens with zero attached hydrogens (tertiary/aromatic N) is 2. The summed E-state index contributed by atoms with van der Waals surface area (Å²) in [5.41, 5.74) is 0.510. The molecule has 0 aliphatic carbocycles. The van der Waals surface area contributed by atoms with Crippen LogP contribution < -0.4 is 5.32 Å². The summed E-state index contributed by atoms with van der Waals surface area (Å²) in [6, 6.07) is 0. The molecule has 19 heavy (non-hydrogen) atoms. The van der Waals surface area contributed by atoms with Crippen LogP contribution in [0.4, 0.5) is 0 Å². The van der Waals surface area contributed by atoms with Gasteiger partial charge in [-0.05, 0) is 54.7 Å². The summed E-state index contributed by atoms with van der Waals surface area (Å²) in [5, 5.41) is 3.88. The Bertz CT molecular complexity index is 443. The van der Waals surface area contributed by atoms with Gasteiger partial charge in [-0.15, -0.1) is 11.3 Å². The minimum Gasteiger partial charge on any atom is -0.350 e. The maximum Gasteiger partial charge on any atom is 0.271 e. The SMILES string of the molecule is Cc1nc(C(=O)NCC(C)CN2CCCC2)c(Br)s1. The van der Waals surface area contributed by atoms with E-state index in [2.05, 4.69) is 38.1 Å². The lowest BCUT2D eigenvalue weighted by molar-refractivity contribution is 0.0940. The van der Waals surface area contributed by atoms with Crippen molar-refractivity contribution in [3.8, 4) is 0 Å². The molecule has 1 aliphatic heterocycles. The van der Waals surface area contributed by atoms with Gasteiger partial charge in [0, 0.05) is 13.1 Å². The number of hydrogen-bond acceptors (Lipinski definition) is 4. The summed E-state index contributed by atoms with van der Waals surface area (Å²) in [4.78, 5) is 18.7. The van der Waals surface area contributed by atoms with Crippen LogP contribution >= 0.6 is 27.3 Å². The fourth-order valence-electron chi connectivity index (χ4n) is 2.36. The minimum absolute atomic E-state index is 0.0792. The number of halogens is 1. The summed E-state index contributed by atoms with van der Waals surface area (Å²) in [6.07, 6.45) is 2.62. The van der Waals surface area contributed by atoms with Crippen LogP contribution in [0.2, 0.25) is 0 Å². The van der Waals surface area contributed by atoms with E-state index in [1.807, 2.05) is 6.92 Å². The van der Waals surface area contributed by atoms with Crippen molar-refractivity contribution in [3.05, 3.63) is 14.5 Å². The quantitative estimate of drug-likeness (QED) is 0.892. The van der Waals surface area contributed by atoms with Crippen LogP contribution in [0, 0.1) is 12.8 Å². The fraction of sp³-hybridized carbons (Fsp3) is 0.692. The Morgan fingerprint density at radius 2 is 2.21 bits per heavy atom. The Hall–Kier alpha value is -0.460. The lowest BCUT2D eigenvalue weighted by Gasteiger charge is -2.20. The third-order valence-corrected chi connectivity index (χ3v) is 4.91. The van der Waals surface area contributed by atoms with Gasteiger partial charge in [0.25, 0.3) is 5.91 Å². The Labute approximate surface area is 126 Å². The number of likely N-dealkylation sites (tertiary alicyclic amines) is 1. The van der Waals surface area contributed by atoms with Crippen molar-refractivity contribution in [3.63, 3.8) is 0 Å². The predicted octanol–water partition coefficient (Wildman–Crippen LogP) is 2.68. The van der Waals surface area contributed by atoms with Crippen LogP contribution in [0.5, 0.6) is 0 Å². The molecule has 2 heterocycles. The van der Waals surface area contributed by atoms with Crippen molar-refractivity contribution >= 4 is 33.2 Å². The number of carbonyl (C=O) groups excluding carboxylic acids is 1. The Morgan fingerprint density at radius 1 is 1.53 bits per heavy atom. The van der Waals surface area contributed by atoms with E-state index < -0.39 is 0 Å². The summed E-state index contributed by atoms with van der Waals surface area (Å²) in [6.45, 7) is 8.27. The van der Waals surface area contributed by atoms with E-state index in [1.165, 1.54) is 37.3 Å². The van der Waals surface area contributed by atoms with Crippen molar-refractivity contribution in [1.82, 2.24) is 15.2 Å². The fourth-order valence-corrected chi connectivity index (χ4v) is 3.97. The molecular formula is C13H20BrN3OS. The van der Waals surface area contributed by atoms with Gasteiger partial charge in [0.05, 0.1) is 5.01 Å². The molecule has 6 heteroatoms. The Balaban J connectivity index is 1.78. The first-order valence-electron chi connectivity index (χ1n) is 6.69. The van der Waals surface area contributed by atoms with E-state index in [9.17, 15) is 4.79 Å². The zero-order valence-corrected chi connectivity index (χ0v) is 13.8. The van der Waals surface area contributed by atoms with Gasteiger partial charge >= 0.3 is 0 Å². The molecule has 1 N–H and O–H groups in total. The number of nitrogens with one attached hydrogen (secondary N) is 1. The smallest absolute Gasteiger partial charge is 0.271 e. The summed E-state index contributed by atoms with van der Waals surface area (Å²) in [7, 11) is 0. The van der Waals surface area contributed by atoms with Crippen molar-refractivity contribution < 1.29 is 4.79 Å². The minimum atomic E-state index is -0.0792. The van der Waals surface area contributed by atoms with Gasteiger partial charge in [-0.1, -0.05) is 6.92 Å². The Morgan fingerprint density at radius 3 is 2.79 bits per heavy atom. The summed E-state index contributed by atoms with van der Waals surface area (Å²) < 4.78 is 0.815. The highest BCUT2D eigenvalue weighted by molar-refractivity contribution is 9.11. The molecule has 4 nitrogen and oxygen atoms in total. The van der Waals surface area contributed by atoms with E-state index in [4.69, 9.17) is 0 Å². The van der Waals surface area contributed by atoms with Crippen LogP contribution in [0.3, 0.4) is 0 Å². The molecule has 1 fully saturated rings. The zero-order chi connectivity index (χ0) is 13.8. The standard InChI is InChI=1S/C13H20BrN3OS/c1-9(8-17-5-3-4-6-17)7-15-13(18)11-12(14)19-10(2)16-11/h9H,3-8H2,1-2H3,(H,15,18). The number of thiazole rings is 1. The van der Waals surface area contributed by atoms with Crippen LogP contribution in [-0.2, 0) is 0 Å². The highest BCUT2D eigenvalue weighted by Crippen LogP contribution is 2.24. The molecule has 1 atom stereocenters. The van der Waals surface area contributed by atoms with E-state index in [0.29, 0.717) is 18.2 Å². The molecule has 106 valence electrons. The number of amides is 1. The maximum absolute atomic E-state index is 12.0. The molecule has 1 amide bonds. The molecule has 0 radical (unpaired) electrons.